The highest BCUT2D eigenvalue weighted by molar-refractivity contribution is 6.09. The zero-order chi connectivity index (χ0) is 14.3. The first-order chi connectivity index (χ1) is 9.58. The number of amides is 1. The van der Waals surface area contributed by atoms with Gasteiger partial charge in [0.05, 0.1) is 0 Å². The number of carboxylic acid groups (broad SMARTS) is 1. The molecule has 0 aliphatic carbocycles. The van der Waals surface area contributed by atoms with E-state index in [0.717, 1.165) is 5.56 Å². The van der Waals surface area contributed by atoms with Crippen LogP contribution in [0.2, 0.25) is 0 Å². The second kappa shape index (κ2) is 4.37. The lowest BCUT2D eigenvalue weighted by atomic mass is 10.1. The van der Waals surface area contributed by atoms with Crippen molar-refractivity contribution in [3.8, 4) is 0 Å². The number of para-hydroxylation sites is 1. The van der Waals surface area contributed by atoms with Crippen LogP contribution in [0.3, 0.4) is 0 Å². The van der Waals surface area contributed by atoms with Crippen molar-refractivity contribution in [1.29, 1.82) is 0 Å². The Morgan fingerprint density at radius 2 is 2.05 bits per heavy atom. The van der Waals surface area contributed by atoms with E-state index in [1.165, 1.54) is 11.1 Å². The van der Waals surface area contributed by atoms with Gasteiger partial charge in [-0.1, -0.05) is 18.2 Å². The molecule has 1 aromatic carbocycles. The van der Waals surface area contributed by atoms with Gasteiger partial charge in [-0.2, -0.15) is 0 Å². The Hall–Kier alpha value is -2.83. The number of carbonyl (C=O) groups is 2. The number of carboxylic acids is 1. The number of aromatic nitrogens is 2. The van der Waals surface area contributed by atoms with E-state index in [0.29, 0.717) is 5.69 Å². The minimum absolute atomic E-state index is 0.0398. The first kappa shape index (κ1) is 12.2. The number of aliphatic carboxylic acids is 1. The minimum atomic E-state index is -1.08. The summed E-state index contributed by atoms with van der Waals surface area (Å²) in [5, 5.41) is 9.28. The van der Waals surface area contributed by atoms with Gasteiger partial charge in [-0.3, -0.25) is 9.69 Å². The number of nitrogens with zero attached hydrogens (tertiary/aromatic N) is 1. The minimum Gasteiger partial charge on any atom is -0.480 e. The average Bonchev–Trinajstić information content (AvgIpc) is 3.01. The van der Waals surface area contributed by atoms with Crippen LogP contribution in [0.15, 0.2) is 35.3 Å². The molecule has 0 saturated carbocycles. The molecule has 1 aromatic heterocycles. The summed E-state index contributed by atoms with van der Waals surface area (Å²) in [5.74, 6) is -1.62. The van der Waals surface area contributed by atoms with E-state index in [-0.39, 0.29) is 12.1 Å². The number of aromatic amines is 2. The first-order valence-corrected chi connectivity index (χ1v) is 6.00. The van der Waals surface area contributed by atoms with Crippen LogP contribution in [0.1, 0.15) is 16.1 Å². The number of nitrogens with one attached hydrogen (secondary N) is 2. The summed E-state index contributed by atoms with van der Waals surface area (Å²) in [6.07, 6.45) is 1.50. The van der Waals surface area contributed by atoms with Gasteiger partial charge in [-0.15, -0.1) is 0 Å². The summed E-state index contributed by atoms with van der Waals surface area (Å²) in [4.78, 5) is 40.7. The van der Waals surface area contributed by atoms with Crippen LogP contribution in [0, 0.1) is 0 Å². The number of imidazole rings is 1. The maximum atomic E-state index is 12.4. The number of hydrogen-bond donors (Lipinski definition) is 3. The van der Waals surface area contributed by atoms with E-state index in [1.807, 2.05) is 0 Å². The van der Waals surface area contributed by atoms with Crippen LogP contribution >= 0.6 is 0 Å². The fourth-order valence-electron chi connectivity index (χ4n) is 2.41. The molecule has 3 N–H and O–H groups in total. The number of anilines is 1. The van der Waals surface area contributed by atoms with Crippen LogP contribution < -0.4 is 10.6 Å². The molecule has 1 unspecified atom stereocenters. The van der Waals surface area contributed by atoms with E-state index >= 15 is 0 Å². The fourth-order valence-corrected chi connectivity index (χ4v) is 2.41. The van der Waals surface area contributed by atoms with Gasteiger partial charge >= 0.3 is 11.7 Å². The van der Waals surface area contributed by atoms with Gasteiger partial charge in [0.1, 0.15) is 11.7 Å². The summed E-state index contributed by atoms with van der Waals surface area (Å²) in [6, 6.07) is 6.06. The van der Waals surface area contributed by atoms with E-state index < -0.39 is 23.6 Å². The summed E-state index contributed by atoms with van der Waals surface area (Å²) < 4.78 is 0. The molecule has 1 aliphatic heterocycles. The molecule has 3 rings (SSSR count). The first-order valence-electron chi connectivity index (χ1n) is 6.00. The van der Waals surface area contributed by atoms with Crippen LogP contribution in [0.5, 0.6) is 0 Å². The third-order valence-corrected chi connectivity index (χ3v) is 3.31. The normalized spacial score (nSPS) is 17.0. The van der Waals surface area contributed by atoms with Crippen molar-refractivity contribution in [2.45, 2.75) is 12.5 Å². The number of hydrogen-bond acceptors (Lipinski definition) is 3. The van der Waals surface area contributed by atoms with E-state index in [9.17, 15) is 19.5 Å². The maximum Gasteiger partial charge on any atom is 0.327 e. The Morgan fingerprint density at radius 1 is 1.30 bits per heavy atom. The van der Waals surface area contributed by atoms with Crippen LogP contribution in [0.4, 0.5) is 5.69 Å². The van der Waals surface area contributed by atoms with Crippen molar-refractivity contribution in [3.63, 3.8) is 0 Å². The van der Waals surface area contributed by atoms with Crippen LogP contribution in [0.25, 0.3) is 0 Å². The molecule has 2 heterocycles. The summed E-state index contributed by atoms with van der Waals surface area (Å²) in [5.41, 5.74) is 0.892. The number of fused-ring (bicyclic) bond motifs is 1. The van der Waals surface area contributed by atoms with Crippen molar-refractivity contribution in [1.82, 2.24) is 9.97 Å². The van der Waals surface area contributed by atoms with Crippen molar-refractivity contribution in [3.05, 3.63) is 52.2 Å². The van der Waals surface area contributed by atoms with Crippen molar-refractivity contribution in [2.75, 3.05) is 4.90 Å². The SMILES string of the molecule is O=C(O)C1Cc2ccccc2N1C(=O)c1c[nH]c(=O)[nH]1. The van der Waals surface area contributed by atoms with Gasteiger partial charge in [0.25, 0.3) is 5.91 Å². The smallest absolute Gasteiger partial charge is 0.327 e. The Kier molecular flexibility index (Phi) is 2.67. The van der Waals surface area contributed by atoms with Gasteiger partial charge in [0, 0.05) is 18.3 Å². The summed E-state index contributed by atoms with van der Waals surface area (Å²) >= 11 is 0. The average molecular weight is 273 g/mol. The molecular formula is C13H11N3O4. The third kappa shape index (κ3) is 1.80. The lowest BCUT2D eigenvalue weighted by Crippen LogP contribution is -2.43. The molecule has 7 nitrogen and oxygen atoms in total. The van der Waals surface area contributed by atoms with Gasteiger partial charge in [-0.25, -0.2) is 9.59 Å². The molecule has 0 radical (unpaired) electrons. The fraction of sp³-hybridized carbons (Fsp3) is 0.154. The van der Waals surface area contributed by atoms with E-state index in [2.05, 4.69) is 9.97 Å². The highest BCUT2D eigenvalue weighted by atomic mass is 16.4. The molecule has 20 heavy (non-hydrogen) atoms. The van der Waals surface area contributed by atoms with Crippen LogP contribution in [-0.2, 0) is 11.2 Å². The number of H-pyrrole nitrogens is 2. The largest absolute Gasteiger partial charge is 0.480 e. The number of carbonyl (C=O) groups excluding carboxylic acids is 1. The summed E-state index contributed by atoms with van der Waals surface area (Å²) in [6.45, 7) is 0. The van der Waals surface area contributed by atoms with E-state index in [4.69, 9.17) is 0 Å². The number of benzene rings is 1. The molecule has 2 aromatic rings. The molecule has 0 spiro atoms. The zero-order valence-corrected chi connectivity index (χ0v) is 10.3. The van der Waals surface area contributed by atoms with Crippen molar-refractivity contribution in [2.24, 2.45) is 0 Å². The Morgan fingerprint density at radius 3 is 2.70 bits per heavy atom. The molecular weight excluding hydrogens is 262 g/mol. The molecule has 0 saturated heterocycles. The molecule has 0 fully saturated rings. The zero-order valence-electron chi connectivity index (χ0n) is 10.3. The molecule has 1 atom stereocenters. The lowest BCUT2D eigenvalue weighted by Gasteiger charge is -2.21. The lowest BCUT2D eigenvalue weighted by molar-refractivity contribution is -0.138. The van der Waals surface area contributed by atoms with Crippen LogP contribution in [-0.4, -0.2) is 33.0 Å². The topological polar surface area (TPSA) is 106 Å². The third-order valence-electron chi connectivity index (χ3n) is 3.31. The molecule has 0 bridgehead atoms. The maximum absolute atomic E-state index is 12.4. The second-order valence-electron chi connectivity index (χ2n) is 4.52. The van der Waals surface area contributed by atoms with Gasteiger partial charge < -0.3 is 15.1 Å². The number of rotatable bonds is 2. The van der Waals surface area contributed by atoms with Crippen molar-refractivity contribution < 1.29 is 14.7 Å². The molecule has 102 valence electrons. The van der Waals surface area contributed by atoms with Crippen molar-refractivity contribution >= 4 is 17.6 Å². The standard InChI is InChI=1S/C13H11N3O4/c17-11(8-6-14-13(20)15-8)16-9-4-2-1-3-7(9)5-10(16)12(18)19/h1-4,6,10H,5H2,(H,18,19)(H2,14,15,20). The predicted molar refractivity (Wildman–Crippen MR) is 69.8 cm³/mol. The predicted octanol–water partition coefficient (Wildman–Crippen LogP) is 0.359. The Balaban J connectivity index is 2.06. The molecule has 7 heteroatoms. The summed E-state index contributed by atoms with van der Waals surface area (Å²) in [7, 11) is 0. The van der Waals surface area contributed by atoms with E-state index in [1.54, 1.807) is 24.3 Å². The highest BCUT2D eigenvalue weighted by Gasteiger charge is 2.39. The molecule has 1 aliphatic rings. The van der Waals surface area contributed by atoms with Gasteiger partial charge in [0.2, 0.25) is 0 Å². The Bertz CT molecular complexity index is 746. The van der Waals surface area contributed by atoms with Gasteiger partial charge in [-0.05, 0) is 11.6 Å². The quantitative estimate of drug-likeness (QED) is 0.734. The molecule has 1 amide bonds. The Labute approximate surface area is 112 Å². The monoisotopic (exact) mass is 273 g/mol. The van der Waals surface area contributed by atoms with Gasteiger partial charge in [0.15, 0.2) is 0 Å². The second-order valence-corrected chi connectivity index (χ2v) is 4.52. The highest BCUT2D eigenvalue weighted by Crippen LogP contribution is 2.33.